The van der Waals surface area contributed by atoms with Crippen molar-refractivity contribution in [3.8, 4) is 17.2 Å². The molecule has 3 aromatic heterocycles. The number of benzene rings is 1. The van der Waals surface area contributed by atoms with Gasteiger partial charge in [-0.1, -0.05) is 30.3 Å². The van der Waals surface area contributed by atoms with Crippen LogP contribution in [0.3, 0.4) is 0 Å². The summed E-state index contributed by atoms with van der Waals surface area (Å²) in [5, 5.41) is 23.6. The lowest BCUT2D eigenvalue weighted by molar-refractivity contribution is -0.133. The number of hydrogen-bond acceptors (Lipinski definition) is 9. The van der Waals surface area contributed by atoms with E-state index in [0.29, 0.717) is 36.0 Å². The number of aromatic nitrogens is 5. The summed E-state index contributed by atoms with van der Waals surface area (Å²) in [4.78, 5) is 39.8. The van der Waals surface area contributed by atoms with Crippen LogP contribution in [0, 0.1) is 11.3 Å². The number of urea groups is 1. The molecule has 0 bridgehead atoms. The highest BCUT2D eigenvalue weighted by Gasteiger charge is 2.45. The SMILES string of the molecule is Cn1cc(-c2cnc(NC(N)=O)c(C3CCC(Nc4ncc(C#N)c(N5CCC6(CC5)CC(=O)N6)n4)CC3)c2Cc2ccccc2)cn1. The highest BCUT2D eigenvalue weighted by Crippen LogP contribution is 2.42. The fourth-order valence-electron chi connectivity index (χ4n) is 7.52. The van der Waals surface area contributed by atoms with E-state index in [1.807, 2.05) is 43.8 Å². The van der Waals surface area contributed by atoms with Gasteiger partial charge in [0.05, 0.1) is 17.9 Å². The molecule has 0 radical (unpaired) electrons. The maximum absolute atomic E-state index is 12.1. The van der Waals surface area contributed by atoms with E-state index in [1.54, 1.807) is 10.9 Å². The van der Waals surface area contributed by atoms with Crippen molar-refractivity contribution in [2.75, 3.05) is 28.6 Å². The topological polar surface area (TPSA) is 180 Å². The molecule has 1 saturated carbocycles. The summed E-state index contributed by atoms with van der Waals surface area (Å²) in [6.45, 7) is 1.44. The average Bonchev–Trinajstić information content (AvgIpc) is 3.51. The third kappa shape index (κ3) is 6.38. The number of hydrogen-bond donors (Lipinski definition) is 4. The molecule has 0 unspecified atom stereocenters. The zero-order valence-electron chi connectivity index (χ0n) is 26.9. The summed E-state index contributed by atoms with van der Waals surface area (Å²) in [6.07, 6.45) is 13.5. The Balaban J connectivity index is 1.11. The third-order valence-electron chi connectivity index (χ3n) is 9.99. The van der Waals surface area contributed by atoms with E-state index < -0.39 is 6.03 Å². The molecule has 1 aromatic carbocycles. The maximum Gasteiger partial charge on any atom is 0.317 e. The van der Waals surface area contributed by atoms with Crippen LogP contribution in [0.1, 0.15) is 73.1 Å². The van der Waals surface area contributed by atoms with Gasteiger partial charge in [-0.25, -0.2) is 14.8 Å². The van der Waals surface area contributed by atoms with Crippen LogP contribution in [0.4, 0.5) is 22.4 Å². The Morgan fingerprint density at radius 2 is 1.85 bits per heavy atom. The molecule has 246 valence electrons. The minimum absolute atomic E-state index is 0.103. The molecular weight excluding hydrogens is 606 g/mol. The van der Waals surface area contributed by atoms with Crippen molar-refractivity contribution < 1.29 is 9.59 Å². The van der Waals surface area contributed by atoms with Crippen LogP contribution in [0.15, 0.2) is 55.1 Å². The van der Waals surface area contributed by atoms with E-state index in [9.17, 15) is 14.9 Å². The van der Waals surface area contributed by atoms with Gasteiger partial charge in [0.2, 0.25) is 11.9 Å². The number of nitrogens with one attached hydrogen (secondary N) is 3. The molecule has 3 amide bonds. The second kappa shape index (κ2) is 12.9. The van der Waals surface area contributed by atoms with Gasteiger partial charge >= 0.3 is 6.03 Å². The Kier molecular flexibility index (Phi) is 8.39. The van der Waals surface area contributed by atoms with Gasteiger partial charge in [0.25, 0.3) is 0 Å². The van der Waals surface area contributed by atoms with Crippen molar-refractivity contribution >= 4 is 29.5 Å². The summed E-state index contributed by atoms with van der Waals surface area (Å²) in [5.74, 6) is 1.88. The molecule has 2 aliphatic heterocycles. The second-order valence-corrected chi connectivity index (χ2v) is 13.2. The van der Waals surface area contributed by atoms with Crippen molar-refractivity contribution in [1.29, 1.82) is 5.26 Å². The largest absolute Gasteiger partial charge is 0.355 e. The molecule has 5 N–H and O–H groups in total. The lowest BCUT2D eigenvalue weighted by atomic mass is 9.78. The monoisotopic (exact) mass is 645 g/mol. The molecule has 5 heterocycles. The first kappa shape index (κ1) is 31.1. The highest BCUT2D eigenvalue weighted by molar-refractivity contribution is 5.89. The molecule has 0 atom stereocenters. The first-order valence-electron chi connectivity index (χ1n) is 16.5. The molecule has 3 aliphatic rings. The predicted molar refractivity (Wildman–Crippen MR) is 181 cm³/mol. The summed E-state index contributed by atoms with van der Waals surface area (Å²) in [6, 6.07) is 12.0. The minimum Gasteiger partial charge on any atom is -0.355 e. The van der Waals surface area contributed by atoms with Gasteiger partial charge in [-0.3, -0.25) is 14.8 Å². The van der Waals surface area contributed by atoms with Crippen LogP contribution in [-0.2, 0) is 18.3 Å². The van der Waals surface area contributed by atoms with Crippen molar-refractivity contribution in [3.63, 3.8) is 0 Å². The number of amides is 3. The molecule has 48 heavy (non-hydrogen) atoms. The first-order chi connectivity index (χ1) is 23.3. The average molecular weight is 646 g/mol. The van der Waals surface area contributed by atoms with Crippen molar-refractivity contribution in [2.45, 2.75) is 68.9 Å². The lowest BCUT2D eigenvalue weighted by Gasteiger charge is -2.48. The number of piperidine rings is 1. The number of primary amides is 1. The maximum atomic E-state index is 12.1. The smallest absolute Gasteiger partial charge is 0.317 e. The molecule has 3 fully saturated rings. The Morgan fingerprint density at radius 1 is 1.10 bits per heavy atom. The van der Waals surface area contributed by atoms with Gasteiger partial charge in [-0.15, -0.1) is 0 Å². The number of anilines is 3. The Morgan fingerprint density at radius 3 is 2.50 bits per heavy atom. The third-order valence-corrected chi connectivity index (χ3v) is 9.99. The van der Waals surface area contributed by atoms with Gasteiger partial charge in [-0.2, -0.15) is 15.3 Å². The number of carbonyl (C=O) groups excluding carboxylic acids is 2. The standard InChI is InChI=1S/C35H39N11O2/c1-45-21-25(19-40-45)28-20-38-31(42-33(37)48)30(27(28)15-22-5-3-2-4-6-22)23-7-9-26(10-8-23)41-34-39-18-24(17-36)32(43-34)46-13-11-35(12-14-46)16-29(47)44-35/h2-6,18-21,23,26H,7-16H2,1H3,(H,44,47)(H,39,41,43)(H3,37,38,42,48). The van der Waals surface area contributed by atoms with Gasteiger partial charge < -0.3 is 21.3 Å². The summed E-state index contributed by atoms with van der Waals surface area (Å²) < 4.78 is 1.78. The molecule has 7 rings (SSSR count). The number of β-lactam (4-membered cyclic amide) rings is 1. The van der Waals surface area contributed by atoms with Gasteiger partial charge in [0.15, 0.2) is 5.82 Å². The normalized spacial score (nSPS) is 20.0. The molecule has 1 aliphatic carbocycles. The summed E-state index contributed by atoms with van der Waals surface area (Å²) in [7, 11) is 1.89. The number of pyridine rings is 1. The van der Waals surface area contributed by atoms with Crippen LogP contribution >= 0.6 is 0 Å². The fraction of sp³-hybridized carbons (Fsp3) is 0.400. The Hall–Kier alpha value is -5.51. The number of nitrogens with two attached hydrogens (primary N) is 1. The highest BCUT2D eigenvalue weighted by atomic mass is 16.2. The quantitative estimate of drug-likeness (QED) is 0.204. The van der Waals surface area contributed by atoms with E-state index in [2.05, 4.69) is 49.1 Å². The van der Waals surface area contributed by atoms with Gasteiger partial charge in [-0.05, 0) is 62.0 Å². The van der Waals surface area contributed by atoms with Crippen molar-refractivity contribution in [2.24, 2.45) is 12.8 Å². The molecule has 4 aromatic rings. The van der Waals surface area contributed by atoms with E-state index in [1.165, 1.54) is 0 Å². The number of rotatable bonds is 8. The molecule has 2 saturated heterocycles. The van der Waals surface area contributed by atoms with Crippen molar-refractivity contribution in [3.05, 3.63) is 77.4 Å². The second-order valence-electron chi connectivity index (χ2n) is 13.2. The van der Waals surface area contributed by atoms with Gasteiger partial charge in [0, 0.05) is 61.7 Å². The molecule has 13 heteroatoms. The first-order valence-corrected chi connectivity index (χ1v) is 16.5. The van der Waals surface area contributed by atoms with Crippen LogP contribution in [0.25, 0.3) is 11.1 Å². The summed E-state index contributed by atoms with van der Waals surface area (Å²) >= 11 is 0. The van der Waals surface area contributed by atoms with Crippen molar-refractivity contribution in [1.82, 2.24) is 30.0 Å². The summed E-state index contributed by atoms with van der Waals surface area (Å²) in [5.41, 5.74) is 11.2. The fourth-order valence-corrected chi connectivity index (χ4v) is 7.52. The zero-order valence-corrected chi connectivity index (χ0v) is 26.9. The predicted octanol–water partition coefficient (Wildman–Crippen LogP) is 4.22. The zero-order chi connectivity index (χ0) is 33.3. The lowest BCUT2D eigenvalue weighted by Crippen LogP contribution is -2.65. The minimum atomic E-state index is -0.644. The molecule has 13 nitrogen and oxygen atoms in total. The van der Waals surface area contributed by atoms with Crippen LogP contribution in [-0.4, -0.2) is 61.3 Å². The number of nitriles is 1. The van der Waals surface area contributed by atoms with Crippen LogP contribution < -0.4 is 26.6 Å². The Labute approximate surface area is 279 Å². The van der Waals surface area contributed by atoms with E-state index in [-0.39, 0.29) is 23.4 Å². The van der Waals surface area contributed by atoms with Crippen LogP contribution in [0.5, 0.6) is 0 Å². The number of carbonyl (C=O) groups is 2. The Bertz CT molecular complexity index is 1860. The van der Waals surface area contributed by atoms with E-state index in [0.717, 1.165) is 79.4 Å². The molecular formula is C35H39N11O2. The van der Waals surface area contributed by atoms with E-state index >= 15 is 0 Å². The number of nitrogens with zero attached hydrogens (tertiary/aromatic N) is 7. The number of aryl methyl sites for hydroxylation is 1. The van der Waals surface area contributed by atoms with Crippen LogP contribution in [0.2, 0.25) is 0 Å². The molecule has 1 spiro atoms. The van der Waals surface area contributed by atoms with E-state index in [4.69, 9.17) is 15.7 Å². The van der Waals surface area contributed by atoms with Gasteiger partial charge in [0.1, 0.15) is 17.5 Å².